The van der Waals surface area contributed by atoms with Crippen molar-refractivity contribution >= 4 is 5.91 Å². The summed E-state index contributed by atoms with van der Waals surface area (Å²) >= 11 is 0. The summed E-state index contributed by atoms with van der Waals surface area (Å²) < 4.78 is 5.29. The first kappa shape index (κ1) is 15.7. The molecule has 116 valence electrons. The molecule has 2 heterocycles. The van der Waals surface area contributed by atoms with Crippen molar-refractivity contribution < 1.29 is 14.6 Å². The van der Waals surface area contributed by atoms with Gasteiger partial charge in [0.2, 0.25) is 5.91 Å². The second kappa shape index (κ2) is 7.96. The van der Waals surface area contributed by atoms with Crippen LogP contribution in [0.25, 0.3) is 0 Å². The molecule has 1 amide bonds. The van der Waals surface area contributed by atoms with Crippen molar-refractivity contribution in [2.24, 2.45) is 0 Å². The van der Waals surface area contributed by atoms with Gasteiger partial charge in [-0.2, -0.15) is 0 Å². The molecule has 2 fully saturated rings. The maximum Gasteiger partial charge on any atom is 0.236 e. The Hall–Kier alpha value is -0.650. The highest BCUT2D eigenvalue weighted by Crippen LogP contribution is 2.20. The molecule has 1 N–H and O–H groups in total. The summed E-state index contributed by atoms with van der Waals surface area (Å²) in [6, 6.07) is 0.350. The molecule has 0 spiro atoms. The lowest BCUT2D eigenvalue weighted by molar-refractivity contribution is -0.137. The Morgan fingerprint density at radius 3 is 2.70 bits per heavy atom. The molecule has 2 rings (SSSR count). The molecule has 2 aliphatic rings. The topological polar surface area (TPSA) is 53.0 Å². The van der Waals surface area contributed by atoms with Crippen LogP contribution in [0.15, 0.2) is 0 Å². The minimum absolute atomic E-state index is 0.214. The number of likely N-dealkylation sites (tertiary alicyclic amines) is 1. The van der Waals surface area contributed by atoms with Gasteiger partial charge < -0.3 is 14.7 Å². The van der Waals surface area contributed by atoms with Crippen LogP contribution in [0.2, 0.25) is 0 Å². The van der Waals surface area contributed by atoms with Crippen molar-refractivity contribution in [3.05, 3.63) is 0 Å². The van der Waals surface area contributed by atoms with E-state index in [-0.39, 0.29) is 12.0 Å². The van der Waals surface area contributed by atoms with Crippen LogP contribution < -0.4 is 0 Å². The van der Waals surface area contributed by atoms with E-state index >= 15 is 0 Å². The van der Waals surface area contributed by atoms with E-state index < -0.39 is 0 Å². The van der Waals surface area contributed by atoms with E-state index in [1.165, 1.54) is 12.8 Å². The minimum atomic E-state index is -0.293. The standard InChI is InChI=1S/C15H28N2O3/c1-13(18)11-14-5-3-2-4-6-17(14)12-15(19)16-7-9-20-10-8-16/h13-14,18H,2-12H2,1H3. The molecule has 0 saturated carbocycles. The summed E-state index contributed by atoms with van der Waals surface area (Å²) in [5.74, 6) is 0.214. The van der Waals surface area contributed by atoms with Gasteiger partial charge in [0.15, 0.2) is 0 Å². The molecule has 0 aromatic heterocycles. The van der Waals surface area contributed by atoms with Crippen molar-refractivity contribution in [2.45, 2.75) is 51.2 Å². The first-order valence-corrected chi connectivity index (χ1v) is 7.94. The molecule has 2 atom stereocenters. The number of rotatable bonds is 4. The van der Waals surface area contributed by atoms with Crippen LogP contribution >= 0.6 is 0 Å². The highest BCUT2D eigenvalue weighted by Gasteiger charge is 2.26. The Morgan fingerprint density at radius 1 is 1.25 bits per heavy atom. The number of hydrogen-bond acceptors (Lipinski definition) is 4. The highest BCUT2D eigenvalue weighted by atomic mass is 16.5. The maximum atomic E-state index is 12.4. The third-order valence-corrected chi connectivity index (χ3v) is 4.31. The number of hydrogen-bond donors (Lipinski definition) is 1. The van der Waals surface area contributed by atoms with Crippen LogP contribution in [-0.4, -0.2) is 72.4 Å². The second-order valence-electron chi connectivity index (χ2n) is 6.05. The van der Waals surface area contributed by atoms with Gasteiger partial charge >= 0.3 is 0 Å². The summed E-state index contributed by atoms with van der Waals surface area (Å²) in [6.07, 6.45) is 5.18. The molecule has 0 bridgehead atoms. The Balaban J connectivity index is 1.90. The zero-order valence-corrected chi connectivity index (χ0v) is 12.6. The number of carbonyl (C=O) groups excluding carboxylic acids is 1. The lowest BCUT2D eigenvalue weighted by Gasteiger charge is -2.33. The fourth-order valence-corrected chi connectivity index (χ4v) is 3.19. The van der Waals surface area contributed by atoms with Gasteiger partial charge in [-0.3, -0.25) is 9.69 Å². The van der Waals surface area contributed by atoms with Gasteiger partial charge in [-0.25, -0.2) is 0 Å². The highest BCUT2D eigenvalue weighted by molar-refractivity contribution is 5.78. The maximum absolute atomic E-state index is 12.4. The summed E-state index contributed by atoms with van der Waals surface area (Å²) in [5, 5.41) is 9.66. The SMILES string of the molecule is CC(O)CC1CCCCCN1CC(=O)N1CCOCC1. The Kier molecular flexibility index (Phi) is 6.26. The third kappa shape index (κ3) is 4.72. The van der Waals surface area contributed by atoms with E-state index in [0.717, 1.165) is 25.8 Å². The zero-order chi connectivity index (χ0) is 14.4. The number of morpholine rings is 1. The molecule has 2 saturated heterocycles. The van der Waals surface area contributed by atoms with Crippen molar-refractivity contribution in [1.29, 1.82) is 0 Å². The molecule has 2 aliphatic heterocycles. The number of ether oxygens (including phenoxy) is 1. The average molecular weight is 284 g/mol. The molecule has 0 radical (unpaired) electrons. The number of carbonyl (C=O) groups is 1. The molecule has 0 aliphatic carbocycles. The van der Waals surface area contributed by atoms with Gasteiger partial charge in [-0.1, -0.05) is 12.8 Å². The Morgan fingerprint density at radius 2 is 2.00 bits per heavy atom. The lowest BCUT2D eigenvalue weighted by Crippen LogP contribution is -2.48. The first-order chi connectivity index (χ1) is 9.66. The fraction of sp³-hybridized carbons (Fsp3) is 0.933. The average Bonchev–Trinajstić information content (AvgIpc) is 2.65. The third-order valence-electron chi connectivity index (χ3n) is 4.31. The van der Waals surface area contributed by atoms with Crippen LogP contribution in [0.1, 0.15) is 39.0 Å². The Labute approximate surface area is 121 Å². The van der Waals surface area contributed by atoms with Gasteiger partial charge in [0.1, 0.15) is 0 Å². The second-order valence-corrected chi connectivity index (χ2v) is 6.05. The molecule has 20 heavy (non-hydrogen) atoms. The van der Waals surface area contributed by atoms with Gasteiger partial charge in [-0.15, -0.1) is 0 Å². The van der Waals surface area contributed by atoms with Crippen molar-refractivity contribution in [1.82, 2.24) is 9.80 Å². The largest absolute Gasteiger partial charge is 0.393 e. The molecule has 0 aromatic carbocycles. The van der Waals surface area contributed by atoms with Gasteiger partial charge in [-0.05, 0) is 32.7 Å². The summed E-state index contributed by atoms with van der Waals surface area (Å²) in [5.41, 5.74) is 0. The summed E-state index contributed by atoms with van der Waals surface area (Å²) in [6.45, 7) is 6.06. The number of aliphatic hydroxyl groups excluding tert-OH is 1. The van der Waals surface area contributed by atoms with E-state index in [4.69, 9.17) is 4.74 Å². The van der Waals surface area contributed by atoms with E-state index in [1.54, 1.807) is 0 Å². The number of amides is 1. The van der Waals surface area contributed by atoms with Crippen molar-refractivity contribution in [3.8, 4) is 0 Å². The van der Waals surface area contributed by atoms with E-state index in [1.807, 2.05) is 11.8 Å². The van der Waals surface area contributed by atoms with Crippen LogP contribution in [-0.2, 0) is 9.53 Å². The predicted molar refractivity (Wildman–Crippen MR) is 77.5 cm³/mol. The summed E-state index contributed by atoms with van der Waals surface area (Å²) in [4.78, 5) is 16.6. The van der Waals surface area contributed by atoms with Crippen molar-refractivity contribution in [2.75, 3.05) is 39.4 Å². The van der Waals surface area contributed by atoms with Gasteiger partial charge in [0.05, 0.1) is 25.9 Å². The quantitative estimate of drug-likeness (QED) is 0.832. The molecule has 5 nitrogen and oxygen atoms in total. The van der Waals surface area contributed by atoms with E-state index in [2.05, 4.69) is 4.90 Å². The van der Waals surface area contributed by atoms with Gasteiger partial charge in [0, 0.05) is 19.1 Å². The van der Waals surface area contributed by atoms with Crippen LogP contribution in [0.4, 0.5) is 0 Å². The Bertz CT molecular complexity index is 303. The smallest absolute Gasteiger partial charge is 0.236 e. The molecular weight excluding hydrogens is 256 g/mol. The normalized spacial score (nSPS) is 27.1. The van der Waals surface area contributed by atoms with Crippen LogP contribution in [0.3, 0.4) is 0 Å². The fourth-order valence-electron chi connectivity index (χ4n) is 3.19. The molecule has 5 heteroatoms. The minimum Gasteiger partial charge on any atom is -0.393 e. The lowest BCUT2D eigenvalue weighted by atomic mass is 10.0. The van der Waals surface area contributed by atoms with E-state index in [0.29, 0.717) is 38.9 Å². The zero-order valence-electron chi connectivity index (χ0n) is 12.6. The van der Waals surface area contributed by atoms with Gasteiger partial charge in [0.25, 0.3) is 0 Å². The molecular formula is C15H28N2O3. The van der Waals surface area contributed by atoms with Crippen molar-refractivity contribution in [3.63, 3.8) is 0 Å². The van der Waals surface area contributed by atoms with E-state index in [9.17, 15) is 9.90 Å². The van der Waals surface area contributed by atoms with Crippen LogP contribution in [0.5, 0.6) is 0 Å². The van der Waals surface area contributed by atoms with Crippen LogP contribution in [0, 0.1) is 0 Å². The number of aliphatic hydroxyl groups is 1. The molecule has 2 unspecified atom stereocenters. The summed E-state index contributed by atoms with van der Waals surface area (Å²) in [7, 11) is 0. The number of nitrogens with zero attached hydrogens (tertiary/aromatic N) is 2. The monoisotopic (exact) mass is 284 g/mol. The first-order valence-electron chi connectivity index (χ1n) is 7.94. The predicted octanol–water partition coefficient (Wildman–Crippen LogP) is 0.861. The molecule has 0 aromatic rings.